The van der Waals surface area contributed by atoms with Crippen LogP contribution in [0.25, 0.3) is 5.76 Å². The first-order valence-corrected chi connectivity index (χ1v) is 6.93. The summed E-state index contributed by atoms with van der Waals surface area (Å²) in [6.45, 7) is 0. The fourth-order valence-electron chi connectivity index (χ4n) is 2.00. The van der Waals surface area contributed by atoms with Crippen molar-refractivity contribution in [2.45, 2.75) is 0 Å². The van der Waals surface area contributed by atoms with Gasteiger partial charge < -0.3 is 18.9 Å². The lowest BCUT2D eigenvalue weighted by Gasteiger charge is -2.14. The SMILES string of the molecule is COC(=O)c1cccc(O/C(OC)=C(\OC)c2ccccc2)c1. The number of benzene rings is 2. The molecule has 0 aliphatic carbocycles. The van der Waals surface area contributed by atoms with Crippen molar-refractivity contribution in [1.29, 1.82) is 0 Å². The van der Waals surface area contributed by atoms with Crippen LogP contribution >= 0.6 is 0 Å². The number of rotatable bonds is 6. The van der Waals surface area contributed by atoms with Gasteiger partial charge in [-0.15, -0.1) is 0 Å². The largest absolute Gasteiger partial charge is 0.490 e. The maximum atomic E-state index is 11.6. The smallest absolute Gasteiger partial charge is 0.337 e. The topological polar surface area (TPSA) is 54.0 Å². The average Bonchev–Trinajstić information content (AvgIpc) is 2.62. The van der Waals surface area contributed by atoms with E-state index in [1.54, 1.807) is 24.3 Å². The first kappa shape index (κ1) is 16.4. The van der Waals surface area contributed by atoms with Crippen LogP contribution in [0.3, 0.4) is 0 Å². The Morgan fingerprint density at radius 3 is 2.09 bits per heavy atom. The molecular weight excluding hydrogens is 296 g/mol. The summed E-state index contributed by atoms with van der Waals surface area (Å²) < 4.78 is 21.1. The third-order valence-electron chi connectivity index (χ3n) is 3.08. The predicted molar refractivity (Wildman–Crippen MR) is 85.8 cm³/mol. The minimum atomic E-state index is -0.437. The van der Waals surface area contributed by atoms with Crippen molar-refractivity contribution in [1.82, 2.24) is 0 Å². The third kappa shape index (κ3) is 4.03. The highest BCUT2D eigenvalue weighted by Gasteiger charge is 2.14. The van der Waals surface area contributed by atoms with Gasteiger partial charge in [0, 0.05) is 5.56 Å². The van der Waals surface area contributed by atoms with Gasteiger partial charge in [-0.2, -0.15) is 0 Å². The minimum absolute atomic E-state index is 0.195. The standard InChI is InChI=1S/C18H18O5/c1-20-16(13-8-5-4-6-9-13)18(22-3)23-15-11-7-10-14(12-15)17(19)21-2/h4-12H,1-3H3/b18-16-. The number of carbonyl (C=O) groups excluding carboxylic acids is 1. The van der Waals surface area contributed by atoms with E-state index in [0.29, 0.717) is 17.1 Å². The van der Waals surface area contributed by atoms with E-state index in [1.165, 1.54) is 21.3 Å². The van der Waals surface area contributed by atoms with E-state index in [2.05, 4.69) is 0 Å². The van der Waals surface area contributed by atoms with Crippen LogP contribution in [0, 0.1) is 0 Å². The molecule has 2 aromatic rings. The molecule has 0 bridgehead atoms. The molecule has 0 aliphatic heterocycles. The molecule has 0 saturated heterocycles. The fraction of sp³-hybridized carbons (Fsp3) is 0.167. The van der Waals surface area contributed by atoms with E-state index in [9.17, 15) is 4.79 Å². The molecule has 0 radical (unpaired) electrons. The van der Waals surface area contributed by atoms with Crippen molar-refractivity contribution in [3.05, 3.63) is 71.7 Å². The van der Waals surface area contributed by atoms with Gasteiger partial charge in [0.05, 0.1) is 26.9 Å². The monoisotopic (exact) mass is 314 g/mol. The van der Waals surface area contributed by atoms with Crippen LogP contribution < -0.4 is 4.74 Å². The maximum Gasteiger partial charge on any atom is 0.337 e. The zero-order valence-corrected chi connectivity index (χ0v) is 13.2. The van der Waals surface area contributed by atoms with E-state index >= 15 is 0 Å². The summed E-state index contributed by atoms with van der Waals surface area (Å²) in [5, 5.41) is 0. The number of hydrogen-bond acceptors (Lipinski definition) is 5. The van der Waals surface area contributed by atoms with Gasteiger partial charge in [0.2, 0.25) is 5.76 Å². The van der Waals surface area contributed by atoms with E-state index < -0.39 is 5.97 Å². The highest BCUT2D eigenvalue weighted by molar-refractivity contribution is 5.89. The summed E-state index contributed by atoms with van der Waals surface area (Å²) in [4.78, 5) is 11.6. The third-order valence-corrected chi connectivity index (χ3v) is 3.08. The number of hydrogen-bond donors (Lipinski definition) is 0. The molecule has 0 aliphatic rings. The van der Waals surface area contributed by atoms with Crippen molar-refractivity contribution < 1.29 is 23.7 Å². The van der Waals surface area contributed by atoms with Crippen LogP contribution in [0.2, 0.25) is 0 Å². The summed E-state index contributed by atoms with van der Waals surface area (Å²) >= 11 is 0. The summed E-state index contributed by atoms with van der Waals surface area (Å²) in [5.41, 5.74) is 1.20. The van der Waals surface area contributed by atoms with Gasteiger partial charge in [-0.3, -0.25) is 0 Å². The highest BCUT2D eigenvalue weighted by Crippen LogP contribution is 2.24. The molecular formula is C18H18O5. The second-order valence-corrected chi connectivity index (χ2v) is 4.51. The van der Waals surface area contributed by atoms with Crippen LogP contribution in [0.5, 0.6) is 5.75 Å². The molecule has 120 valence electrons. The Morgan fingerprint density at radius 1 is 0.783 bits per heavy atom. The quantitative estimate of drug-likeness (QED) is 0.603. The van der Waals surface area contributed by atoms with Crippen LogP contribution in [0.1, 0.15) is 15.9 Å². The Labute approximate surface area is 135 Å². The van der Waals surface area contributed by atoms with Gasteiger partial charge in [0.1, 0.15) is 5.75 Å². The minimum Gasteiger partial charge on any atom is -0.490 e. The van der Waals surface area contributed by atoms with E-state index in [-0.39, 0.29) is 5.95 Å². The van der Waals surface area contributed by atoms with Crippen molar-refractivity contribution in [3.8, 4) is 5.75 Å². The molecule has 0 saturated carbocycles. The van der Waals surface area contributed by atoms with Gasteiger partial charge >= 0.3 is 11.9 Å². The molecule has 0 heterocycles. The lowest BCUT2D eigenvalue weighted by atomic mass is 10.2. The van der Waals surface area contributed by atoms with E-state index in [4.69, 9.17) is 18.9 Å². The average molecular weight is 314 g/mol. The molecule has 0 unspecified atom stereocenters. The van der Waals surface area contributed by atoms with Gasteiger partial charge in [0.25, 0.3) is 0 Å². The van der Waals surface area contributed by atoms with Crippen LogP contribution in [0.15, 0.2) is 60.5 Å². The Balaban J connectivity index is 2.35. The molecule has 0 amide bonds. The van der Waals surface area contributed by atoms with Crippen molar-refractivity contribution in [3.63, 3.8) is 0 Å². The predicted octanol–water partition coefficient (Wildman–Crippen LogP) is 3.47. The molecule has 5 nitrogen and oxygen atoms in total. The second kappa shape index (κ2) is 7.89. The Hall–Kier alpha value is -2.95. The molecule has 0 fully saturated rings. The number of esters is 1. The summed E-state index contributed by atoms with van der Waals surface area (Å²) in [7, 11) is 4.35. The number of carbonyl (C=O) groups is 1. The molecule has 0 aromatic heterocycles. The Morgan fingerprint density at radius 2 is 1.48 bits per heavy atom. The maximum absolute atomic E-state index is 11.6. The molecule has 2 aromatic carbocycles. The van der Waals surface area contributed by atoms with Crippen LogP contribution in [-0.2, 0) is 14.2 Å². The number of ether oxygens (including phenoxy) is 4. The lowest BCUT2D eigenvalue weighted by Crippen LogP contribution is -2.06. The van der Waals surface area contributed by atoms with Gasteiger partial charge in [-0.25, -0.2) is 4.79 Å². The summed E-state index contributed by atoms with van der Waals surface area (Å²) in [5.74, 6) is 0.654. The van der Waals surface area contributed by atoms with Crippen molar-refractivity contribution in [2.75, 3.05) is 21.3 Å². The van der Waals surface area contributed by atoms with Gasteiger partial charge in [0.15, 0.2) is 0 Å². The molecule has 0 N–H and O–H groups in total. The lowest BCUT2D eigenvalue weighted by molar-refractivity contribution is 0.0599. The molecule has 23 heavy (non-hydrogen) atoms. The van der Waals surface area contributed by atoms with Crippen molar-refractivity contribution >= 4 is 11.7 Å². The van der Waals surface area contributed by atoms with Crippen LogP contribution in [0.4, 0.5) is 0 Å². The molecule has 5 heteroatoms. The normalized spacial score (nSPS) is 11.3. The summed E-state index contributed by atoms with van der Waals surface area (Å²) in [6, 6.07) is 16.1. The zero-order valence-electron chi connectivity index (χ0n) is 13.2. The highest BCUT2D eigenvalue weighted by atomic mass is 16.7. The second-order valence-electron chi connectivity index (χ2n) is 4.51. The van der Waals surface area contributed by atoms with Crippen LogP contribution in [-0.4, -0.2) is 27.3 Å². The molecule has 0 spiro atoms. The molecule has 2 rings (SSSR count). The van der Waals surface area contributed by atoms with Gasteiger partial charge in [-0.1, -0.05) is 36.4 Å². The zero-order chi connectivity index (χ0) is 16.7. The van der Waals surface area contributed by atoms with Gasteiger partial charge in [-0.05, 0) is 18.2 Å². The van der Waals surface area contributed by atoms with E-state index in [0.717, 1.165) is 5.56 Å². The van der Waals surface area contributed by atoms with E-state index in [1.807, 2.05) is 30.3 Å². The first-order valence-electron chi connectivity index (χ1n) is 6.93. The first-order chi connectivity index (χ1) is 11.2. The number of methoxy groups -OCH3 is 3. The van der Waals surface area contributed by atoms with Crippen molar-refractivity contribution in [2.24, 2.45) is 0 Å². The Bertz CT molecular complexity index is 692. The Kier molecular flexibility index (Phi) is 5.63. The molecule has 0 atom stereocenters. The fourth-order valence-corrected chi connectivity index (χ4v) is 2.00. The summed E-state index contributed by atoms with van der Waals surface area (Å²) in [6.07, 6.45) is 0.